The number of aromatic nitrogens is 3. The Kier molecular flexibility index (Phi) is 3.65. The third kappa shape index (κ3) is 2.88. The molecule has 2 aromatic rings. The molecule has 7 nitrogen and oxygen atoms in total. The number of hydrogen-bond acceptors (Lipinski definition) is 5. The Morgan fingerprint density at radius 2 is 2.30 bits per heavy atom. The number of amides is 1. The number of oxazole rings is 1. The van der Waals surface area contributed by atoms with Crippen LogP contribution in [-0.4, -0.2) is 45.2 Å². The molecule has 23 heavy (non-hydrogen) atoms. The maximum atomic E-state index is 11.8. The number of aryl methyl sites for hydroxylation is 1. The predicted molar refractivity (Wildman–Crippen MR) is 84.0 cm³/mol. The summed E-state index contributed by atoms with van der Waals surface area (Å²) in [5, 5.41) is 4.48. The molecule has 1 amide bonds. The second-order valence-electron chi connectivity index (χ2n) is 6.36. The first-order chi connectivity index (χ1) is 11.2. The third-order valence-corrected chi connectivity index (χ3v) is 4.65. The molecule has 122 valence electrons. The van der Waals surface area contributed by atoms with Gasteiger partial charge in [0, 0.05) is 45.7 Å². The predicted octanol–water partition coefficient (Wildman–Crippen LogP) is 1.75. The van der Waals surface area contributed by atoms with Crippen molar-refractivity contribution < 1.29 is 9.21 Å². The molecule has 0 bridgehead atoms. The van der Waals surface area contributed by atoms with Gasteiger partial charge in [-0.15, -0.1) is 0 Å². The van der Waals surface area contributed by atoms with Crippen LogP contribution in [0.1, 0.15) is 36.9 Å². The van der Waals surface area contributed by atoms with Crippen LogP contribution in [0.5, 0.6) is 0 Å². The first-order valence-electron chi connectivity index (χ1n) is 8.17. The van der Waals surface area contributed by atoms with E-state index in [1.165, 1.54) is 0 Å². The van der Waals surface area contributed by atoms with Gasteiger partial charge in [-0.1, -0.05) is 0 Å². The fraction of sp³-hybridized carbons (Fsp3) is 0.562. The van der Waals surface area contributed by atoms with Gasteiger partial charge in [0.1, 0.15) is 6.26 Å². The molecule has 2 aliphatic rings. The summed E-state index contributed by atoms with van der Waals surface area (Å²) in [5.41, 5.74) is 1.91. The van der Waals surface area contributed by atoms with Crippen molar-refractivity contribution in [2.75, 3.05) is 24.5 Å². The second-order valence-corrected chi connectivity index (χ2v) is 6.36. The molecule has 0 radical (unpaired) electrons. The van der Waals surface area contributed by atoms with E-state index in [1.807, 2.05) is 28.9 Å². The van der Waals surface area contributed by atoms with Crippen LogP contribution >= 0.6 is 0 Å². The summed E-state index contributed by atoms with van der Waals surface area (Å²) in [5.74, 6) is 0.918. The van der Waals surface area contributed by atoms with E-state index in [9.17, 15) is 4.79 Å². The van der Waals surface area contributed by atoms with Crippen molar-refractivity contribution in [1.82, 2.24) is 19.7 Å². The average molecular weight is 315 g/mol. The second kappa shape index (κ2) is 5.81. The quantitative estimate of drug-likeness (QED) is 0.860. The van der Waals surface area contributed by atoms with Crippen molar-refractivity contribution >= 4 is 11.6 Å². The number of rotatable bonds is 4. The summed E-state index contributed by atoms with van der Waals surface area (Å²) in [6, 6.07) is 0.356. The molecule has 0 N–H and O–H groups in total. The van der Waals surface area contributed by atoms with Crippen molar-refractivity contribution in [1.29, 1.82) is 0 Å². The maximum absolute atomic E-state index is 11.8. The summed E-state index contributed by atoms with van der Waals surface area (Å²) < 4.78 is 7.27. The monoisotopic (exact) mass is 315 g/mol. The van der Waals surface area contributed by atoms with E-state index in [2.05, 4.69) is 15.0 Å². The highest BCUT2D eigenvalue weighted by molar-refractivity contribution is 5.95. The van der Waals surface area contributed by atoms with Crippen molar-refractivity contribution in [3.8, 4) is 0 Å². The largest absolute Gasteiger partial charge is 0.449 e. The Hall–Kier alpha value is -2.15. The maximum Gasteiger partial charge on any atom is 0.227 e. The van der Waals surface area contributed by atoms with Crippen LogP contribution in [0.25, 0.3) is 0 Å². The zero-order chi connectivity index (χ0) is 15.8. The molecule has 0 aliphatic carbocycles. The molecule has 4 heterocycles. The summed E-state index contributed by atoms with van der Waals surface area (Å²) in [6.45, 7) is 5.45. The lowest BCUT2D eigenvalue weighted by Crippen LogP contribution is -2.23. The zero-order valence-electron chi connectivity index (χ0n) is 13.3. The summed E-state index contributed by atoms with van der Waals surface area (Å²) in [4.78, 5) is 20.4. The summed E-state index contributed by atoms with van der Waals surface area (Å²) in [7, 11) is 0. The molecule has 2 fully saturated rings. The van der Waals surface area contributed by atoms with Crippen LogP contribution in [-0.2, 0) is 11.3 Å². The van der Waals surface area contributed by atoms with Gasteiger partial charge < -0.3 is 9.32 Å². The molecule has 2 saturated heterocycles. The minimum Gasteiger partial charge on any atom is -0.449 e. The molecule has 1 atom stereocenters. The molecule has 0 saturated carbocycles. The smallest absolute Gasteiger partial charge is 0.227 e. The van der Waals surface area contributed by atoms with Crippen LogP contribution < -0.4 is 4.90 Å². The number of carbonyl (C=O) groups excluding carboxylic acids is 1. The summed E-state index contributed by atoms with van der Waals surface area (Å²) >= 11 is 0. The van der Waals surface area contributed by atoms with Crippen LogP contribution in [0.2, 0.25) is 0 Å². The SMILES string of the molecule is Cc1nc(CN2CCC(n3cc(N4CCCC4=O)cn3)C2)co1. The fourth-order valence-corrected chi connectivity index (χ4v) is 3.47. The topological polar surface area (TPSA) is 67.4 Å². The lowest BCUT2D eigenvalue weighted by atomic mass is 10.3. The van der Waals surface area contributed by atoms with E-state index in [0.717, 1.165) is 50.4 Å². The number of hydrogen-bond donors (Lipinski definition) is 0. The molecule has 4 rings (SSSR count). The van der Waals surface area contributed by atoms with Crippen LogP contribution in [0.3, 0.4) is 0 Å². The van der Waals surface area contributed by atoms with Crippen molar-refractivity contribution in [2.24, 2.45) is 0 Å². The van der Waals surface area contributed by atoms with E-state index < -0.39 is 0 Å². The molecular formula is C16H21N5O2. The van der Waals surface area contributed by atoms with E-state index in [1.54, 1.807) is 6.26 Å². The zero-order valence-corrected chi connectivity index (χ0v) is 13.3. The van der Waals surface area contributed by atoms with E-state index in [0.29, 0.717) is 18.4 Å². The lowest BCUT2D eigenvalue weighted by Gasteiger charge is -2.15. The van der Waals surface area contributed by atoms with E-state index >= 15 is 0 Å². The Bertz CT molecular complexity index is 707. The van der Waals surface area contributed by atoms with E-state index in [4.69, 9.17) is 4.42 Å². The average Bonchev–Trinajstić information content (AvgIpc) is 3.27. The van der Waals surface area contributed by atoms with Gasteiger partial charge in [-0.3, -0.25) is 14.4 Å². The normalized spacial score (nSPS) is 22.4. The molecule has 0 spiro atoms. The lowest BCUT2D eigenvalue weighted by molar-refractivity contribution is -0.117. The van der Waals surface area contributed by atoms with Gasteiger partial charge in [-0.2, -0.15) is 5.10 Å². The number of likely N-dealkylation sites (tertiary alicyclic amines) is 1. The van der Waals surface area contributed by atoms with Crippen LogP contribution in [0, 0.1) is 6.92 Å². The van der Waals surface area contributed by atoms with Gasteiger partial charge in [0.15, 0.2) is 5.89 Å². The highest BCUT2D eigenvalue weighted by Gasteiger charge is 2.27. The minimum atomic E-state index is 0.207. The standard InChI is InChI=1S/C16H21N5O2/c1-12-18-13(11-23-12)8-19-6-4-14(9-19)21-10-15(7-17-21)20-5-2-3-16(20)22/h7,10-11,14H,2-6,8-9H2,1H3. The van der Waals surface area contributed by atoms with Gasteiger partial charge in [-0.05, 0) is 12.8 Å². The first kappa shape index (κ1) is 14.4. The number of nitrogens with zero attached hydrogens (tertiary/aromatic N) is 5. The molecule has 1 unspecified atom stereocenters. The highest BCUT2D eigenvalue weighted by Crippen LogP contribution is 2.26. The van der Waals surface area contributed by atoms with Gasteiger partial charge in [0.2, 0.25) is 5.91 Å². The van der Waals surface area contributed by atoms with Crippen molar-refractivity contribution in [3.63, 3.8) is 0 Å². The van der Waals surface area contributed by atoms with Crippen LogP contribution in [0.15, 0.2) is 23.1 Å². The van der Waals surface area contributed by atoms with Gasteiger partial charge in [0.25, 0.3) is 0 Å². The molecule has 7 heteroatoms. The first-order valence-corrected chi connectivity index (χ1v) is 8.17. The number of carbonyl (C=O) groups is 1. The minimum absolute atomic E-state index is 0.207. The van der Waals surface area contributed by atoms with Crippen molar-refractivity contribution in [2.45, 2.75) is 38.8 Å². The van der Waals surface area contributed by atoms with Gasteiger partial charge in [-0.25, -0.2) is 4.98 Å². The summed E-state index contributed by atoms with van der Waals surface area (Å²) in [6.07, 6.45) is 8.21. The fourth-order valence-electron chi connectivity index (χ4n) is 3.47. The highest BCUT2D eigenvalue weighted by atomic mass is 16.3. The molecular weight excluding hydrogens is 294 g/mol. The van der Waals surface area contributed by atoms with E-state index in [-0.39, 0.29) is 5.91 Å². The van der Waals surface area contributed by atoms with Crippen LogP contribution in [0.4, 0.5) is 5.69 Å². The number of anilines is 1. The molecule has 0 aromatic carbocycles. The van der Waals surface area contributed by atoms with Crippen molar-refractivity contribution in [3.05, 3.63) is 30.2 Å². The Balaban J connectivity index is 1.40. The molecule has 2 aromatic heterocycles. The Morgan fingerprint density at radius 1 is 1.39 bits per heavy atom. The van der Waals surface area contributed by atoms with Gasteiger partial charge >= 0.3 is 0 Å². The Morgan fingerprint density at radius 3 is 3.04 bits per heavy atom. The molecule has 2 aliphatic heterocycles. The Labute approximate surface area is 134 Å². The third-order valence-electron chi connectivity index (χ3n) is 4.65. The van der Waals surface area contributed by atoms with Gasteiger partial charge in [0.05, 0.1) is 23.6 Å².